The summed E-state index contributed by atoms with van der Waals surface area (Å²) in [6.45, 7) is 10.5. The molecule has 20 heavy (non-hydrogen) atoms. The van der Waals surface area contributed by atoms with Crippen LogP contribution in [-0.4, -0.2) is 29.8 Å². The third-order valence-corrected chi connectivity index (χ3v) is 4.38. The van der Waals surface area contributed by atoms with Gasteiger partial charge in [0.1, 0.15) is 5.60 Å². The fraction of sp³-hybridized carbons (Fsp3) is 0.938. The Balaban J connectivity index is 1.74. The molecule has 0 heterocycles. The SMILES string of the molecule is CC(C)(CNC1CC2CCC1C2)NC(=O)OC(C)(C)C. The number of hydrogen-bond acceptors (Lipinski definition) is 3. The molecule has 116 valence electrons. The predicted molar refractivity (Wildman–Crippen MR) is 80.7 cm³/mol. The number of fused-ring (bicyclic) bond motifs is 2. The summed E-state index contributed by atoms with van der Waals surface area (Å²) in [5.74, 6) is 1.80. The summed E-state index contributed by atoms with van der Waals surface area (Å²) < 4.78 is 5.32. The number of alkyl carbamates (subject to hydrolysis) is 1. The zero-order valence-corrected chi connectivity index (χ0v) is 13.6. The Morgan fingerprint density at radius 1 is 1.15 bits per heavy atom. The van der Waals surface area contributed by atoms with Crippen molar-refractivity contribution in [1.82, 2.24) is 10.6 Å². The summed E-state index contributed by atoms with van der Waals surface area (Å²) in [6, 6.07) is 0.647. The zero-order valence-electron chi connectivity index (χ0n) is 13.6. The van der Waals surface area contributed by atoms with E-state index in [1.165, 1.54) is 25.7 Å². The lowest BCUT2D eigenvalue weighted by Crippen LogP contribution is -2.53. The minimum absolute atomic E-state index is 0.288. The van der Waals surface area contributed by atoms with Crippen molar-refractivity contribution in [3.8, 4) is 0 Å². The molecule has 4 nitrogen and oxygen atoms in total. The van der Waals surface area contributed by atoms with E-state index < -0.39 is 5.60 Å². The monoisotopic (exact) mass is 282 g/mol. The molecule has 2 aliphatic carbocycles. The molecule has 2 bridgehead atoms. The van der Waals surface area contributed by atoms with Crippen LogP contribution in [-0.2, 0) is 4.74 Å². The molecule has 2 fully saturated rings. The van der Waals surface area contributed by atoms with Gasteiger partial charge in [-0.25, -0.2) is 4.79 Å². The molecule has 3 unspecified atom stereocenters. The van der Waals surface area contributed by atoms with E-state index >= 15 is 0 Å². The average molecular weight is 282 g/mol. The van der Waals surface area contributed by atoms with Gasteiger partial charge in [-0.1, -0.05) is 6.42 Å². The summed E-state index contributed by atoms with van der Waals surface area (Å²) in [7, 11) is 0. The molecular formula is C16H30N2O2. The highest BCUT2D eigenvalue weighted by Crippen LogP contribution is 2.44. The van der Waals surface area contributed by atoms with Crippen LogP contribution in [0.2, 0.25) is 0 Å². The normalized spacial score (nSPS) is 29.6. The number of nitrogens with one attached hydrogen (secondary N) is 2. The molecule has 0 aliphatic heterocycles. The van der Waals surface area contributed by atoms with Gasteiger partial charge in [-0.2, -0.15) is 0 Å². The second-order valence-electron chi connectivity index (χ2n) is 8.17. The predicted octanol–water partition coefficient (Wildman–Crippen LogP) is 3.07. The van der Waals surface area contributed by atoms with Crippen LogP contribution in [0.5, 0.6) is 0 Å². The van der Waals surface area contributed by atoms with Crippen LogP contribution in [0.3, 0.4) is 0 Å². The van der Waals surface area contributed by atoms with E-state index in [9.17, 15) is 4.79 Å². The third kappa shape index (κ3) is 4.37. The van der Waals surface area contributed by atoms with Gasteiger partial charge in [0.05, 0.1) is 5.54 Å². The van der Waals surface area contributed by atoms with E-state index in [1.54, 1.807) is 0 Å². The molecule has 0 radical (unpaired) electrons. The molecule has 2 saturated carbocycles. The van der Waals surface area contributed by atoms with Crippen LogP contribution in [0, 0.1) is 11.8 Å². The summed E-state index contributed by atoms with van der Waals surface area (Å²) >= 11 is 0. The minimum atomic E-state index is -0.446. The average Bonchev–Trinajstić information content (AvgIpc) is 2.84. The van der Waals surface area contributed by atoms with Crippen LogP contribution < -0.4 is 10.6 Å². The third-order valence-electron chi connectivity index (χ3n) is 4.38. The number of ether oxygens (including phenoxy) is 1. The van der Waals surface area contributed by atoms with E-state index in [4.69, 9.17) is 4.74 Å². The maximum absolute atomic E-state index is 11.8. The van der Waals surface area contributed by atoms with Crippen molar-refractivity contribution >= 4 is 6.09 Å². The first-order chi connectivity index (χ1) is 9.15. The van der Waals surface area contributed by atoms with E-state index in [1.807, 2.05) is 34.6 Å². The minimum Gasteiger partial charge on any atom is -0.444 e. The Bertz CT molecular complexity index is 360. The van der Waals surface area contributed by atoms with Crippen molar-refractivity contribution in [2.75, 3.05) is 6.54 Å². The molecule has 2 rings (SSSR count). The van der Waals surface area contributed by atoms with Crippen LogP contribution in [0.15, 0.2) is 0 Å². The van der Waals surface area contributed by atoms with Crippen molar-refractivity contribution in [2.45, 2.75) is 77.5 Å². The molecule has 0 spiro atoms. The van der Waals surface area contributed by atoms with Gasteiger partial charge >= 0.3 is 6.09 Å². The summed E-state index contributed by atoms with van der Waals surface area (Å²) in [6.07, 6.45) is 5.17. The Labute approximate surface area is 123 Å². The van der Waals surface area contributed by atoms with Crippen LogP contribution >= 0.6 is 0 Å². The molecule has 0 aromatic carbocycles. The number of carbonyl (C=O) groups is 1. The maximum atomic E-state index is 11.8. The van der Waals surface area contributed by atoms with Crippen molar-refractivity contribution in [3.63, 3.8) is 0 Å². The smallest absolute Gasteiger partial charge is 0.408 e. The van der Waals surface area contributed by atoms with Crippen molar-refractivity contribution < 1.29 is 9.53 Å². The molecule has 2 N–H and O–H groups in total. The van der Waals surface area contributed by atoms with Gasteiger partial charge < -0.3 is 15.4 Å². The highest BCUT2D eigenvalue weighted by Gasteiger charge is 2.39. The van der Waals surface area contributed by atoms with Gasteiger partial charge in [0.25, 0.3) is 0 Å². The van der Waals surface area contributed by atoms with Gasteiger partial charge in [0.15, 0.2) is 0 Å². The van der Waals surface area contributed by atoms with E-state index in [0.29, 0.717) is 6.04 Å². The van der Waals surface area contributed by atoms with E-state index in [0.717, 1.165) is 18.4 Å². The lowest BCUT2D eigenvalue weighted by atomic mass is 9.94. The molecule has 2 aliphatic rings. The zero-order chi connectivity index (χ0) is 15.0. The second kappa shape index (κ2) is 5.55. The number of amides is 1. The van der Waals surface area contributed by atoms with E-state index in [2.05, 4.69) is 10.6 Å². The van der Waals surface area contributed by atoms with Crippen molar-refractivity contribution in [1.29, 1.82) is 0 Å². The van der Waals surface area contributed by atoms with Gasteiger partial charge in [0, 0.05) is 12.6 Å². The Morgan fingerprint density at radius 3 is 2.35 bits per heavy atom. The standard InChI is InChI=1S/C16H30N2O2/c1-15(2,3)20-14(19)18-16(4,5)10-17-13-9-11-6-7-12(13)8-11/h11-13,17H,6-10H2,1-5H3,(H,18,19). The van der Waals surface area contributed by atoms with Crippen LogP contribution in [0.4, 0.5) is 4.79 Å². The van der Waals surface area contributed by atoms with Gasteiger partial charge in [0.2, 0.25) is 0 Å². The largest absolute Gasteiger partial charge is 0.444 e. The molecule has 0 aromatic heterocycles. The number of hydrogen-bond donors (Lipinski definition) is 2. The topological polar surface area (TPSA) is 50.4 Å². The summed E-state index contributed by atoms with van der Waals surface area (Å²) in [5, 5.41) is 6.61. The highest BCUT2D eigenvalue weighted by molar-refractivity contribution is 5.68. The van der Waals surface area contributed by atoms with Gasteiger partial charge in [-0.15, -0.1) is 0 Å². The molecule has 0 aromatic rings. The van der Waals surface area contributed by atoms with Gasteiger partial charge in [-0.3, -0.25) is 0 Å². The Hall–Kier alpha value is -0.770. The lowest BCUT2D eigenvalue weighted by molar-refractivity contribution is 0.0469. The molecule has 0 saturated heterocycles. The molecule has 3 atom stereocenters. The van der Waals surface area contributed by atoms with Crippen LogP contribution in [0.25, 0.3) is 0 Å². The fourth-order valence-electron chi connectivity index (χ4n) is 3.51. The first kappa shape index (κ1) is 15.6. The molecular weight excluding hydrogens is 252 g/mol. The van der Waals surface area contributed by atoms with Crippen molar-refractivity contribution in [2.24, 2.45) is 11.8 Å². The first-order valence-corrected chi connectivity index (χ1v) is 7.89. The number of rotatable bonds is 4. The Kier molecular flexibility index (Phi) is 4.33. The summed E-state index contributed by atoms with van der Waals surface area (Å²) in [5.41, 5.74) is -0.734. The van der Waals surface area contributed by atoms with E-state index in [-0.39, 0.29) is 11.6 Å². The summed E-state index contributed by atoms with van der Waals surface area (Å²) in [4.78, 5) is 11.8. The maximum Gasteiger partial charge on any atom is 0.408 e. The lowest BCUT2D eigenvalue weighted by Gasteiger charge is -2.32. The van der Waals surface area contributed by atoms with Crippen molar-refractivity contribution in [3.05, 3.63) is 0 Å². The second-order valence-corrected chi connectivity index (χ2v) is 8.17. The molecule has 4 heteroatoms. The quantitative estimate of drug-likeness (QED) is 0.833. The molecule has 1 amide bonds. The first-order valence-electron chi connectivity index (χ1n) is 7.89. The Morgan fingerprint density at radius 2 is 1.85 bits per heavy atom. The number of carbonyl (C=O) groups excluding carboxylic acids is 1. The highest BCUT2D eigenvalue weighted by atomic mass is 16.6. The van der Waals surface area contributed by atoms with Crippen LogP contribution in [0.1, 0.15) is 60.3 Å². The fourth-order valence-corrected chi connectivity index (χ4v) is 3.51. The van der Waals surface area contributed by atoms with Gasteiger partial charge in [-0.05, 0) is 65.7 Å².